The van der Waals surface area contributed by atoms with E-state index in [0.717, 1.165) is 8.93 Å². The minimum atomic E-state index is -1.55. The van der Waals surface area contributed by atoms with Crippen LogP contribution in [0.2, 0.25) is 4.31 Å². The second kappa shape index (κ2) is 5.58. The fourth-order valence-corrected chi connectivity index (χ4v) is 5.49. The van der Waals surface area contributed by atoms with Crippen molar-refractivity contribution in [1.29, 1.82) is 0 Å². The van der Waals surface area contributed by atoms with Gasteiger partial charge < -0.3 is 0 Å². The van der Waals surface area contributed by atoms with Crippen LogP contribution in [0.1, 0.15) is 27.6 Å². The number of ketones is 3. The number of carbonyl (C=O) groups is 3. The van der Waals surface area contributed by atoms with Crippen LogP contribution in [0.15, 0.2) is 53.0 Å². The van der Waals surface area contributed by atoms with Gasteiger partial charge in [-0.1, -0.05) is 0 Å². The van der Waals surface area contributed by atoms with E-state index >= 15 is 0 Å². The first-order valence-corrected chi connectivity index (χ1v) is 9.11. The van der Waals surface area contributed by atoms with Gasteiger partial charge in [0.25, 0.3) is 0 Å². The topological polar surface area (TPSA) is 51.2 Å². The molecule has 22 heavy (non-hydrogen) atoms. The molecule has 1 aliphatic heterocycles. The van der Waals surface area contributed by atoms with Crippen molar-refractivity contribution < 1.29 is 14.4 Å². The van der Waals surface area contributed by atoms with Gasteiger partial charge in [-0.05, 0) is 0 Å². The SMILES string of the molecule is CC(=O)C1(C(=O)c2ccc(Br)cc2)[Se]c2ccccc2C1=O. The number of hydrogen-bond acceptors (Lipinski definition) is 3. The molecule has 3 rings (SSSR count). The molecular formula is C17H11BrO3Se. The van der Waals surface area contributed by atoms with Gasteiger partial charge >= 0.3 is 142 Å². The van der Waals surface area contributed by atoms with Crippen molar-refractivity contribution in [3.8, 4) is 0 Å². The Morgan fingerprint density at radius 3 is 2.27 bits per heavy atom. The third-order valence-electron chi connectivity index (χ3n) is 3.64. The quantitative estimate of drug-likeness (QED) is 0.434. The number of fused-ring (bicyclic) bond motifs is 1. The molecule has 0 amide bonds. The van der Waals surface area contributed by atoms with Crippen molar-refractivity contribution >= 4 is 52.7 Å². The van der Waals surface area contributed by atoms with Crippen molar-refractivity contribution in [3.63, 3.8) is 0 Å². The van der Waals surface area contributed by atoms with Gasteiger partial charge in [-0.2, -0.15) is 0 Å². The molecule has 0 aromatic heterocycles. The Morgan fingerprint density at radius 2 is 1.68 bits per heavy atom. The Morgan fingerprint density at radius 1 is 1.05 bits per heavy atom. The zero-order valence-electron chi connectivity index (χ0n) is 11.6. The Kier molecular flexibility index (Phi) is 3.89. The monoisotopic (exact) mass is 422 g/mol. The van der Waals surface area contributed by atoms with E-state index in [1.165, 1.54) is 6.92 Å². The van der Waals surface area contributed by atoms with Gasteiger partial charge in [0.2, 0.25) is 0 Å². The fraction of sp³-hybridized carbons (Fsp3) is 0.118. The molecule has 0 saturated carbocycles. The third kappa shape index (κ3) is 2.21. The predicted molar refractivity (Wildman–Crippen MR) is 88.0 cm³/mol. The third-order valence-corrected chi connectivity index (χ3v) is 7.40. The normalized spacial score (nSPS) is 19.8. The maximum atomic E-state index is 13.0. The summed E-state index contributed by atoms with van der Waals surface area (Å²) < 4.78 is 0.109. The summed E-state index contributed by atoms with van der Waals surface area (Å²) in [6, 6.07) is 13.9. The second-order valence-corrected chi connectivity index (χ2v) is 8.55. The van der Waals surface area contributed by atoms with Crippen LogP contribution < -0.4 is 4.46 Å². The molecule has 0 aliphatic carbocycles. The molecule has 1 heterocycles. The van der Waals surface area contributed by atoms with Crippen molar-refractivity contribution in [2.75, 3.05) is 0 Å². The summed E-state index contributed by atoms with van der Waals surface area (Å²) in [7, 11) is 0. The van der Waals surface area contributed by atoms with E-state index in [1.807, 2.05) is 12.1 Å². The molecule has 0 spiro atoms. The number of Topliss-reactive ketones (excluding diaryl/α,β-unsaturated/α-hetero) is 3. The summed E-state index contributed by atoms with van der Waals surface area (Å²) in [4.78, 5) is 38.1. The van der Waals surface area contributed by atoms with Crippen molar-refractivity contribution in [3.05, 3.63) is 64.1 Å². The molecule has 2 aromatic carbocycles. The van der Waals surface area contributed by atoms with Gasteiger partial charge in [0.05, 0.1) is 0 Å². The second-order valence-electron chi connectivity index (χ2n) is 5.00. The van der Waals surface area contributed by atoms with E-state index in [0.29, 0.717) is 11.1 Å². The van der Waals surface area contributed by atoms with E-state index in [1.54, 1.807) is 36.4 Å². The van der Waals surface area contributed by atoms with Crippen LogP contribution in [0.4, 0.5) is 0 Å². The molecule has 1 aliphatic rings. The molecule has 0 N–H and O–H groups in total. The molecule has 0 fully saturated rings. The standard InChI is InChI=1S/C17H11BrO3Se/c1-10(19)17(15(20)11-6-8-12(18)9-7-11)16(21)13-4-2-3-5-14(13)22-17/h2-9H,1H3. The Hall–Kier alpha value is -1.55. The molecule has 1 atom stereocenters. The first-order chi connectivity index (χ1) is 10.5. The Bertz CT molecular complexity index is 798. The minimum absolute atomic E-state index is 0.358. The van der Waals surface area contributed by atoms with Crippen LogP contribution in [0.3, 0.4) is 0 Å². The van der Waals surface area contributed by atoms with Crippen molar-refractivity contribution in [2.45, 2.75) is 11.2 Å². The molecule has 3 nitrogen and oxygen atoms in total. The molecular weight excluding hydrogens is 411 g/mol. The first kappa shape index (κ1) is 15.3. The zero-order chi connectivity index (χ0) is 15.9. The van der Waals surface area contributed by atoms with Crippen molar-refractivity contribution in [2.24, 2.45) is 0 Å². The molecule has 1 unspecified atom stereocenters. The maximum absolute atomic E-state index is 13.0. The van der Waals surface area contributed by atoms with Crippen molar-refractivity contribution in [1.82, 2.24) is 0 Å². The van der Waals surface area contributed by atoms with E-state index in [2.05, 4.69) is 15.9 Å². The van der Waals surface area contributed by atoms with Gasteiger partial charge in [-0.3, -0.25) is 0 Å². The number of halogens is 1. The Balaban J connectivity index is 2.12. The number of benzene rings is 2. The fourth-order valence-electron chi connectivity index (χ4n) is 2.49. The van der Waals surface area contributed by atoms with Crippen LogP contribution in [0, 0.1) is 0 Å². The molecule has 5 heteroatoms. The average molecular weight is 422 g/mol. The average Bonchev–Trinajstić information content (AvgIpc) is 2.82. The van der Waals surface area contributed by atoms with Gasteiger partial charge in [-0.15, -0.1) is 0 Å². The number of hydrogen-bond donors (Lipinski definition) is 0. The first-order valence-electron chi connectivity index (χ1n) is 6.61. The summed E-state index contributed by atoms with van der Waals surface area (Å²) in [5.41, 5.74) is 0.893. The summed E-state index contributed by atoms with van der Waals surface area (Å²) in [5, 5.41) is 0. The van der Waals surface area contributed by atoms with Crippen LogP contribution in [-0.4, -0.2) is 32.3 Å². The van der Waals surface area contributed by atoms with Crippen LogP contribution >= 0.6 is 15.9 Å². The molecule has 0 saturated heterocycles. The molecule has 110 valence electrons. The van der Waals surface area contributed by atoms with Crippen LogP contribution in [0.25, 0.3) is 0 Å². The number of carbonyl (C=O) groups excluding carboxylic acids is 3. The Labute approximate surface area is 142 Å². The zero-order valence-corrected chi connectivity index (χ0v) is 14.9. The summed E-state index contributed by atoms with van der Waals surface area (Å²) in [5.74, 6) is -1.13. The predicted octanol–water partition coefficient (Wildman–Crippen LogP) is 2.61. The number of rotatable bonds is 3. The van der Waals surface area contributed by atoms with Gasteiger partial charge in [0, 0.05) is 0 Å². The summed E-state index contributed by atoms with van der Waals surface area (Å²) >= 11 is 2.78. The summed E-state index contributed by atoms with van der Waals surface area (Å²) in [6.07, 6.45) is 0. The molecule has 2 aromatic rings. The van der Waals surface area contributed by atoms with E-state index in [9.17, 15) is 14.4 Å². The van der Waals surface area contributed by atoms with E-state index in [4.69, 9.17) is 0 Å². The van der Waals surface area contributed by atoms with Gasteiger partial charge in [-0.25, -0.2) is 0 Å². The molecule has 0 bridgehead atoms. The van der Waals surface area contributed by atoms with E-state index in [-0.39, 0.29) is 11.6 Å². The summed E-state index contributed by atoms with van der Waals surface area (Å²) in [6.45, 7) is 1.34. The van der Waals surface area contributed by atoms with Gasteiger partial charge in [0.15, 0.2) is 0 Å². The molecule has 0 radical (unpaired) electrons. The van der Waals surface area contributed by atoms with Crippen LogP contribution in [-0.2, 0) is 4.79 Å². The van der Waals surface area contributed by atoms with Crippen LogP contribution in [0.5, 0.6) is 0 Å². The van der Waals surface area contributed by atoms with Gasteiger partial charge in [0.1, 0.15) is 0 Å². The van der Waals surface area contributed by atoms with E-state index < -0.39 is 25.1 Å².